The molecule has 7 heteroatoms. The minimum absolute atomic E-state index is 0.00769. The molecule has 1 aromatic carbocycles. The third-order valence-electron chi connectivity index (χ3n) is 5.04. The number of nitrogens with zero attached hydrogens (tertiary/aromatic N) is 1. The van der Waals surface area contributed by atoms with E-state index in [1.807, 2.05) is 13.0 Å². The highest BCUT2D eigenvalue weighted by atomic mass is 32.2. The molecule has 0 bridgehead atoms. The first kappa shape index (κ1) is 23.4. The maximum Gasteiger partial charge on any atom is 0.191 e. The fourth-order valence-electron chi connectivity index (χ4n) is 2.95. The normalized spacial score (nSPS) is 12.8. The molecule has 0 spiro atoms. The Morgan fingerprint density at radius 1 is 1.11 bits per heavy atom. The van der Waals surface area contributed by atoms with Gasteiger partial charge in [-0.3, -0.25) is 4.99 Å². The van der Waals surface area contributed by atoms with E-state index >= 15 is 0 Å². The number of benzene rings is 1. The summed E-state index contributed by atoms with van der Waals surface area (Å²) >= 11 is 0. The van der Waals surface area contributed by atoms with Crippen molar-refractivity contribution in [2.75, 3.05) is 32.0 Å². The molecule has 0 heterocycles. The van der Waals surface area contributed by atoms with E-state index < -0.39 is 9.84 Å². The average Bonchev–Trinajstić information content (AvgIpc) is 2.69. The second kappa shape index (κ2) is 12.0. The Bertz CT molecular complexity index is 656. The van der Waals surface area contributed by atoms with Gasteiger partial charge in [0.1, 0.15) is 0 Å². The first-order valence-electron chi connectivity index (χ1n) is 9.84. The van der Waals surface area contributed by atoms with Gasteiger partial charge in [-0.15, -0.1) is 0 Å². The van der Waals surface area contributed by atoms with Gasteiger partial charge in [-0.1, -0.05) is 32.0 Å². The molecule has 1 rings (SSSR count). The van der Waals surface area contributed by atoms with Crippen LogP contribution >= 0.6 is 0 Å². The molecule has 0 amide bonds. The number of aliphatic hydroxyl groups is 1. The van der Waals surface area contributed by atoms with E-state index in [-0.39, 0.29) is 17.8 Å². The van der Waals surface area contributed by atoms with E-state index in [4.69, 9.17) is 0 Å². The summed E-state index contributed by atoms with van der Waals surface area (Å²) in [6.45, 7) is 8.32. The number of hydrogen-bond donors (Lipinski definition) is 3. The molecule has 0 aliphatic heterocycles. The summed E-state index contributed by atoms with van der Waals surface area (Å²) in [5.41, 5.74) is 0.00769. The van der Waals surface area contributed by atoms with Crippen LogP contribution in [-0.4, -0.2) is 51.5 Å². The summed E-state index contributed by atoms with van der Waals surface area (Å²) < 4.78 is 24.6. The number of nitrogens with one attached hydrogen (secondary N) is 2. The SMILES string of the molecule is CCNC(=NCC(CC)(CC)CCO)NCCCS(=O)(=O)c1ccccc1. The topological polar surface area (TPSA) is 90.8 Å². The lowest BCUT2D eigenvalue weighted by Crippen LogP contribution is -2.39. The Balaban J connectivity index is 2.60. The van der Waals surface area contributed by atoms with Crippen LogP contribution < -0.4 is 10.6 Å². The fraction of sp³-hybridized carbons (Fsp3) is 0.650. The largest absolute Gasteiger partial charge is 0.396 e. The second-order valence-corrected chi connectivity index (χ2v) is 8.90. The van der Waals surface area contributed by atoms with Crippen LogP contribution in [0.25, 0.3) is 0 Å². The van der Waals surface area contributed by atoms with Crippen LogP contribution in [0, 0.1) is 5.41 Å². The van der Waals surface area contributed by atoms with Crippen molar-refractivity contribution in [3.8, 4) is 0 Å². The zero-order chi connectivity index (χ0) is 20.2. The Morgan fingerprint density at radius 2 is 1.78 bits per heavy atom. The summed E-state index contributed by atoms with van der Waals surface area (Å²) in [5.74, 6) is 0.792. The molecule has 0 aromatic heterocycles. The summed E-state index contributed by atoms with van der Waals surface area (Å²) in [6.07, 6.45) is 3.16. The maximum absolute atomic E-state index is 12.3. The third-order valence-corrected chi connectivity index (χ3v) is 6.86. The van der Waals surface area contributed by atoms with E-state index in [0.29, 0.717) is 30.4 Å². The van der Waals surface area contributed by atoms with Crippen LogP contribution in [0.4, 0.5) is 0 Å². The zero-order valence-electron chi connectivity index (χ0n) is 16.9. The molecule has 0 atom stereocenters. The van der Waals surface area contributed by atoms with Gasteiger partial charge in [-0.25, -0.2) is 8.42 Å². The first-order chi connectivity index (χ1) is 12.9. The van der Waals surface area contributed by atoms with E-state index in [2.05, 4.69) is 29.5 Å². The summed E-state index contributed by atoms with van der Waals surface area (Å²) in [5, 5.41) is 15.8. The van der Waals surface area contributed by atoms with Crippen molar-refractivity contribution in [2.24, 2.45) is 10.4 Å². The second-order valence-electron chi connectivity index (χ2n) is 6.79. The van der Waals surface area contributed by atoms with Gasteiger partial charge in [0, 0.05) is 26.2 Å². The fourth-order valence-corrected chi connectivity index (χ4v) is 4.28. The van der Waals surface area contributed by atoms with Crippen LogP contribution in [0.1, 0.15) is 46.5 Å². The van der Waals surface area contributed by atoms with Crippen LogP contribution in [0.2, 0.25) is 0 Å². The summed E-state index contributed by atoms with van der Waals surface area (Å²) in [4.78, 5) is 5.04. The van der Waals surface area contributed by atoms with Crippen molar-refractivity contribution in [3.05, 3.63) is 30.3 Å². The molecule has 0 saturated carbocycles. The molecule has 0 radical (unpaired) electrons. The van der Waals surface area contributed by atoms with Crippen molar-refractivity contribution in [1.29, 1.82) is 0 Å². The van der Waals surface area contributed by atoms with Gasteiger partial charge in [0.2, 0.25) is 0 Å². The number of aliphatic imine (C=N–C) groups is 1. The molecule has 6 nitrogen and oxygen atoms in total. The first-order valence-corrected chi connectivity index (χ1v) is 11.5. The Kier molecular flexibility index (Phi) is 10.4. The molecule has 0 fully saturated rings. The van der Waals surface area contributed by atoms with Crippen LogP contribution in [-0.2, 0) is 9.84 Å². The van der Waals surface area contributed by atoms with Crippen molar-refractivity contribution in [2.45, 2.75) is 51.3 Å². The summed E-state index contributed by atoms with van der Waals surface area (Å²) in [6, 6.07) is 8.54. The molecule has 0 saturated heterocycles. The summed E-state index contributed by atoms with van der Waals surface area (Å²) in [7, 11) is -3.25. The zero-order valence-corrected chi connectivity index (χ0v) is 17.7. The van der Waals surface area contributed by atoms with E-state index in [1.165, 1.54) is 0 Å². The molecule has 0 aliphatic rings. The van der Waals surface area contributed by atoms with Crippen LogP contribution in [0.3, 0.4) is 0 Å². The number of rotatable bonds is 12. The highest BCUT2D eigenvalue weighted by Gasteiger charge is 2.25. The molecular weight excluding hydrogens is 362 g/mol. The lowest BCUT2D eigenvalue weighted by molar-refractivity contribution is 0.175. The van der Waals surface area contributed by atoms with Gasteiger partial charge in [-0.2, -0.15) is 0 Å². The molecule has 1 aromatic rings. The lowest BCUT2D eigenvalue weighted by Gasteiger charge is -2.29. The van der Waals surface area contributed by atoms with E-state index in [0.717, 1.165) is 25.8 Å². The standard InChI is InChI=1S/C20H35N3O3S/c1-4-20(5-2,13-15-24)17-23-19(21-6-3)22-14-10-16-27(25,26)18-11-8-7-9-12-18/h7-9,11-12,24H,4-6,10,13-17H2,1-3H3,(H2,21,22,23). The molecule has 27 heavy (non-hydrogen) atoms. The highest BCUT2D eigenvalue weighted by Crippen LogP contribution is 2.30. The van der Waals surface area contributed by atoms with Crippen molar-refractivity contribution >= 4 is 15.8 Å². The lowest BCUT2D eigenvalue weighted by atomic mass is 9.79. The van der Waals surface area contributed by atoms with Crippen molar-refractivity contribution < 1.29 is 13.5 Å². The molecule has 3 N–H and O–H groups in total. The number of guanidine groups is 1. The van der Waals surface area contributed by atoms with E-state index in [1.54, 1.807) is 24.3 Å². The van der Waals surface area contributed by atoms with Crippen LogP contribution in [0.15, 0.2) is 40.2 Å². The molecule has 0 aliphatic carbocycles. The van der Waals surface area contributed by atoms with Gasteiger partial charge in [0.05, 0.1) is 10.6 Å². The molecule has 154 valence electrons. The van der Waals surface area contributed by atoms with Gasteiger partial charge >= 0.3 is 0 Å². The third kappa shape index (κ3) is 7.89. The van der Waals surface area contributed by atoms with Crippen LogP contribution in [0.5, 0.6) is 0 Å². The van der Waals surface area contributed by atoms with Gasteiger partial charge < -0.3 is 15.7 Å². The van der Waals surface area contributed by atoms with Gasteiger partial charge in [-0.05, 0) is 50.2 Å². The predicted molar refractivity (Wildman–Crippen MR) is 112 cm³/mol. The number of aliphatic hydroxyl groups excluding tert-OH is 1. The molecule has 0 unspecified atom stereocenters. The quantitative estimate of drug-likeness (QED) is 0.286. The van der Waals surface area contributed by atoms with Crippen molar-refractivity contribution in [1.82, 2.24) is 10.6 Å². The Hall–Kier alpha value is -1.60. The highest BCUT2D eigenvalue weighted by molar-refractivity contribution is 7.91. The van der Waals surface area contributed by atoms with Gasteiger partial charge in [0.25, 0.3) is 0 Å². The number of hydrogen-bond acceptors (Lipinski definition) is 4. The van der Waals surface area contributed by atoms with Gasteiger partial charge in [0.15, 0.2) is 15.8 Å². The van der Waals surface area contributed by atoms with E-state index in [9.17, 15) is 13.5 Å². The average molecular weight is 398 g/mol. The number of sulfone groups is 1. The smallest absolute Gasteiger partial charge is 0.191 e. The minimum atomic E-state index is -3.25. The Labute approximate surface area is 164 Å². The Morgan fingerprint density at radius 3 is 2.33 bits per heavy atom. The monoisotopic (exact) mass is 397 g/mol. The minimum Gasteiger partial charge on any atom is -0.396 e. The predicted octanol–water partition coefficient (Wildman–Crippen LogP) is 2.59. The van der Waals surface area contributed by atoms with Crippen molar-refractivity contribution in [3.63, 3.8) is 0 Å². The molecular formula is C20H35N3O3S. The maximum atomic E-state index is 12.3.